The highest BCUT2D eigenvalue weighted by molar-refractivity contribution is 6.06. The van der Waals surface area contributed by atoms with Gasteiger partial charge in [0.2, 0.25) is 5.91 Å². The summed E-state index contributed by atoms with van der Waals surface area (Å²) in [5.41, 5.74) is 1.91. The van der Waals surface area contributed by atoms with E-state index < -0.39 is 6.04 Å². The molecular weight excluding hydrogens is 270 g/mol. The molecule has 1 saturated heterocycles. The summed E-state index contributed by atoms with van der Waals surface area (Å²) in [6.07, 6.45) is 0.192. The number of nitrogens with one attached hydrogen (secondary N) is 1. The molecule has 0 aliphatic carbocycles. The van der Waals surface area contributed by atoms with Crippen molar-refractivity contribution in [1.29, 1.82) is 0 Å². The smallest absolute Gasteiger partial charge is 0.252 e. The van der Waals surface area contributed by atoms with Crippen LogP contribution in [0.5, 0.6) is 0 Å². The molecule has 114 valence electrons. The first kappa shape index (κ1) is 15.3. The first-order valence-electron chi connectivity index (χ1n) is 6.90. The lowest BCUT2D eigenvalue weighted by molar-refractivity contribution is -0.139. The van der Waals surface area contributed by atoms with Crippen LogP contribution < -0.4 is 10.2 Å². The van der Waals surface area contributed by atoms with E-state index in [2.05, 4.69) is 5.32 Å². The van der Waals surface area contributed by atoms with Crippen LogP contribution >= 0.6 is 0 Å². The van der Waals surface area contributed by atoms with Crippen LogP contribution in [0.3, 0.4) is 0 Å². The van der Waals surface area contributed by atoms with Gasteiger partial charge in [-0.2, -0.15) is 0 Å². The molecule has 0 spiro atoms. The first-order valence-corrected chi connectivity index (χ1v) is 6.90. The molecule has 1 fully saturated rings. The van der Waals surface area contributed by atoms with E-state index in [0.29, 0.717) is 13.2 Å². The fraction of sp³-hybridized carbons (Fsp3) is 0.467. The minimum absolute atomic E-state index is 0.153. The monoisotopic (exact) mass is 291 g/mol. The zero-order chi connectivity index (χ0) is 15.4. The van der Waals surface area contributed by atoms with Crippen LogP contribution in [0.15, 0.2) is 24.3 Å². The molecule has 1 aliphatic rings. The van der Waals surface area contributed by atoms with Gasteiger partial charge in [0.25, 0.3) is 5.91 Å². The van der Waals surface area contributed by atoms with Gasteiger partial charge in [0.1, 0.15) is 6.04 Å². The van der Waals surface area contributed by atoms with Gasteiger partial charge in [-0.3, -0.25) is 14.5 Å². The fourth-order valence-corrected chi connectivity index (χ4v) is 2.27. The van der Waals surface area contributed by atoms with Crippen molar-refractivity contribution in [1.82, 2.24) is 4.90 Å². The molecule has 0 saturated carbocycles. The second-order valence-electron chi connectivity index (χ2n) is 5.22. The van der Waals surface area contributed by atoms with Gasteiger partial charge in [0.05, 0.1) is 19.6 Å². The molecule has 0 bridgehead atoms. The maximum Gasteiger partial charge on any atom is 0.252 e. The Hall–Kier alpha value is -2.08. The third-order valence-corrected chi connectivity index (χ3v) is 3.49. The Balaban J connectivity index is 2.00. The zero-order valence-electron chi connectivity index (χ0n) is 12.6. The summed E-state index contributed by atoms with van der Waals surface area (Å²) in [7, 11) is 5.48. The van der Waals surface area contributed by atoms with E-state index in [0.717, 1.165) is 11.4 Å². The first-order chi connectivity index (χ1) is 10.0. The summed E-state index contributed by atoms with van der Waals surface area (Å²) in [6.45, 7) is 0.674. The molecule has 0 aromatic heterocycles. The molecule has 6 heteroatoms. The van der Waals surface area contributed by atoms with E-state index in [1.807, 2.05) is 43.3 Å². The van der Waals surface area contributed by atoms with Crippen LogP contribution in [-0.2, 0) is 14.3 Å². The number of amides is 2. The second-order valence-corrected chi connectivity index (χ2v) is 5.22. The number of anilines is 2. The minimum Gasteiger partial charge on any atom is -0.383 e. The number of methoxy groups -OCH3 is 1. The van der Waals surface area contributed by atoms with Crippen molar-refractivity contribution in [3.8, 4) is 0 Å². The van der Waals surface area contributed by atoms with Gasteiger partial charge in [-0.15, -0.1) is 0 Å². The van der Waals surface area contributed by atoms with E-state index >= 15 is 0 Å². The number of benzene rings is 1. The number of imide groups is 1. The highest BCUT2D eigenvalue weighted by atomic mass is 16.5. The van der Waals surface area contributed by atoms with Crippen molar-refractivity contribution in [2.45, 2.75) is 12.5 Å². The lowest BCUT2D eigenvalue weighted by atomic mass is 10.2. The third-order valence-electron chi connectivity index (χ3n) is 3.49. The number of carbonyl (C=O) groups excluding carboxylic acids is 2. The molecule has 6 nitrogen and oxygen atoms in total. The number of rotatable bonds is 6. The van der Waals surface area contributed by atoms with Gasteiger partial charge in [-0.25, -0.2) is 0 Å². The predicted octanol–water partition coefficient (Wildman–Crippen LogP) is 0.938. The van der Waals surface area contributed by atoms with Crippen molar-refractivity contribution in [2.75, 3.05) is 44.6 Å². The minimum atomic E-state index is -0.487. The van der Waals surface area contributed by atoms with Crippen LogP contribution in [0.1, 0.15) is 6.42 Å². The number of ether oxygens (including phenoxy) is 1. The topological polar surface area (TPSA) is 61.9 Å². The Bertz CT molecular complexity index is 513. The van der Waals surface area contributed by atoms with Gasteiger partial charge >= 0.3 is 0 Å². The van der Waals surface area contributed by atoms with Crippen LogP contribution in [0.25, 0.3) is 0 Å². The zero-order valence-corrected chi connectivity index (χ0v) is 12.6. The van der Waals surface area contributed by atoms with E-state index in [4.69, 9.17) is 4.74 Å². The van der Waals surface area contributed by atoms with Crippen LogP contribution in [-0.4, -0.2) is 57.1 Å². The summed E-state index contributed by atoms with van der Waals surface area (Å²) >= 11 is 0. The van der Waals surface area contributed by atoms with Gasteiger partial charge in [0.15, 0.2) is 0 Å². The number of likely N-dealkylation sites (tertiary alicyclic amines) is 1. The van der Waals surface area contributed by atoms with Crippen LogP contribution in [0.2, 0.25) is 0 Å². The number of nitrogens with zero attached hydrogens (tertiary/aromatic N) is 2. The molecule has 1 aromatic carbocycles. The standard InChI is InChI=1S/C15H21N3O3/c1-17(2)12-6-4-11(5-7-12)16-13-10-14(19)18(15(13)20)8-9-21-3/h4-7,13,16H,8-10H2,1-3H3/t13-/m0/s1. The Morgan fingerprint density at radius 1 is 1.29 bits per heavy atom. The van der Waals surface area contributed by atoms with Gasteiger partial charge in [-0.05, 0) is 24.3 Å². The van der Waals surface area contributed by atoms with E-state index in [1.165, 1.54) is 4.90 Å². The number of hydrogen-bond donors (Lipinski definition) is 1. The van der Waals surface area contributed by atoms with Crippen molar-refractivity contribution < 1.29 is 14.3 Å². The van der Waals surface area contributed by atoms with Crippen molar-refractivity contribution >= 4 is 23.2 Å². The van der Waals surface area contributed by atoms with Gasteiger partial charge < -0.3 is 15.0 Å². The van der Waals surface area contributed by atoms with Gasteiger partial charge in [0, 0.05) is 32.6 Å². The Kier molecular flexibility index (Phi) is 4.80. The lowest BCUT2D eigenvalue weighted by Gasteiger charge is -2.16. The molecule has 1 aromatic rings. The molecule has 1 N–H and O–H groups in total. The van der Waals surface area contributed by atoms with Crippen molar-refractivity contribution in [2.24, 2.45) is 0 Å². The molecule has 0 radical (unpaired) electrons. The Labute approximate surface area is 124 Å². The van der Waals surface area contributed by atoms with Crippen molar-refractivity contribution in [3.05, 3.63) is 24.3 Å². The maximum absolute atomic E-state index is 12.2. The van der Waals surface area contributed by atoms with E-state index in [-0.39, 0.29) is 18.2 Å². The van der Waals surface area contributed by atoms with Gasteiger partial charge in [-0.1, -0.05) is 0 Å². The van der Waals surface area contributed by atoms with E-state index in [9.17, 15) is 9.59 Å². The van der Waals surface area contributed by atoms with E-state index in [1.54, 1.807) is 7.11 Å². The normalized spacial score (nSPS) is 18.2. The summed E-state index contributed by atoms with van der Waals surface area (Å²) in [5.74, 6) is -0.340. The molecular formula is C15H21N3O3. The summed E-state index contributed by atoms with van der Waals surface area (Å²) in [5, 5.41) is 3.12. The van der Waals surface area contributed by atoms with Crippen LogP contribution in [0, 0.1) is 0 Å². The molecule has 21 heavy (non-hydrogen) atoms. The fourth-order valence-electron chi connectivity index (χ4n) is 2.27. The third kappa shape index (κ3) is 3.52. The summed E-state index contributed by atoms with van der Waals surface area (Å²) in [6, 6.07) is 7.26. The summed E-state index contributed by atoms with van der Waals surface area (Å²) in [4.78, 5) is 27.3. The predicted molar refractivity (Wildman–Crippen MR) is 81.4 cm³/mol. The Morgan fingerprint density at radius 2 is 1.95 bits per heavy atom. The number of carbonyl (C=O) groups is 2. The molecule has 2 rings (SSSR count). The van der Waals surface area contributed by atoms with Crippen LogP contribution in [0.4, 0.5) is 11.4 Å². The maximum atomic E-state index is 12.2. The average Bonchev–Trinajstić information content (AvgIpc) is 2.72. The molecule has 1 heterocycles. The highest BCUT2D eigenvalue weighted by Gasteiger charge is 2.38. The Morgan fingerprint density at radius 3 is 2.52 bits per heavy atom. The van der Waals surface area contributed by atoms with Crippen molar-refractivity contribution in [3.63, 3.8) is 0 Å². The largest absolute Gasteiger partial charge is 0.383 e. The second kappa shape index (κ2) is 6.58. The molecule has 1 aliphatic heterocycles. The highest BCUT2D eigenvalue weighted by Crippen LogP contribution is 2.20. The molecule has 0 unspecified atom stereocenters. The summed E-state index contributed by atoms with van der Waals surface area (Å²) < 4.78 is 4.92. The molecule has 2 amide bonds. The number of hydrogen-bond acceptors (Lipinski definition) is 5. The molecule has 1 atom stereocenters. The lowest BCUT2D eigenvalue weighted by Crippen LogP contribution is -2.36. The average molecular weight is 291 g/mol. The SMILES string of the molecule is COCCN1C(=O)C[C@H](Nc2ccc(N(C)C)cc2)C1=O. The quantitative estimate of drug-likeness (QED) is 0.790.